The third kappa shape index (κ3) is 6.15. The molecule has 294 valence electrons. The van der Waals surface area contributed by atoms with Crippen molar-refractivity contribution in [3.05, 3.63) is 106 Å². The van der Waals surface area contributed by atoms with Crippen LogP contribution in [0.4, 0.5) is 5.69 Å². The van der Waals surface area contributed by atoms with Crippen molar-refractivity contribution >= 4 is 23.0 Å². The van der Waals surface area contributed by atoms with Crippen molar-refractivity contribution in [3.8, 4) is 11.6 Å². The first-order chi connectivity index (χ1) is 26.9. The zero-order chi connectivity index (χ0) is 39.5. The Labute approximate surface area is 328 Å². The molecule has 8 rings (SSSR count). The van der Waals surface area contributed by atoms with Crippen LogP contribution in [0.3, 0.4) is 0 Å². The maximum Gasteiger partial charge on any atom is 0.265 e. The Morgan fingerprint density at radius 1 is 0.911 bits per heavy atom. The van der Waals surface area contributed by atoms with E-state index >= 15 is 9.59 Å². The smallest absolute Gasteiger partial charge is 0.265 e. The summed E-state index contributed by atoms with van der Waals surface area (Å²) in [7, 11) is 9.21. The lowest BCUT2D eigenvalue weighted by Gasteiger charge is -2.52. The molecule has 1 aliphatic heterocycles. The molecule has 3 aliphatic carbocycles. The topological polar surface area (TPSA) is 115 Å². The molecule has 11 heteroatoms. The second-order valence-corrected chi connectivity index (χ2v) is 16.9. The molecule has 0 spiro atoms. The molecule has 1 saturated heterocycles. The molecular formula is C45H52N4O7. The highest BCUT2D eigenvalue weighted by atomic mass is 16.5. The average molecular weight is 761 g/mol. The van der Waals surface area contributed by atoms with Crippen molar-refractivity contribution in [2.24, 2.45) is 17.8 Å². The van der Waals surface area contributed by atoms with Crippen LogP contribution < -0.4 is 14.4 Å². The molecule has 4 aliphatic rings. The summed E-state index contributed by atoms with van der Waals surface area (Å²) in [5.41, 5.74) is 3.38. The molecule has 1 aromatic heterocycles. The van der Waals surface area contributed by atoms with Crippen LogP contribution in [0, 0.1) is 17.8 Å². The molecule has 0 radical (unpaired) electrons. The average Bonchev–Trinajstić information content (AvgIpc) is 3.75. The summed E-state index contributed by atoms with van der Waals surface area (Å²) >= 11 is 0. The first-order valence-corrected chi connectivity index (χ1v) is 19.7. The van der Waals surface area contributed by atoms with Crippen LogP contribution in [-0.4, -0.2) is 85.3 Å². The fourth-order valence-electron chi connectivity index (χ4n) is 10.1. The Balaban J connectivity index is 1.23. The van der Waals surface area contributed by atoms with Crippen molar-refractivity contribution in [3.63, 3.8) is 0 Å². The van der Waals surface area contributed by atoms with E-state index in [4.69, 9.17) is 18.7 Å². The van der Waals surface area contributed by atoms with Crippen LogP contribution in [0.1, 0.15) is 87.9 Å². The van der Waals surface area contributed by atoms with Gasteiger partial charge in [-0.1, -0.05) is 60.7 Å². The molecule has 4 aromatic rings. The zero-order valence-corrected chi connectivity index (χ0v) is 33.5. The van der Waals surface area contributed by atoms with Crippen LogP contribution in [0.2, 0.25) is 0 Å². The summed E-state index contributed by atoms with van der Waals surface area (Å²) in [5.74, 6) is -2.78. The number of ether oxygens (including phenoxy) is 3. The highest BCUT2D eigenvalue weighted by Crippen LogP contribution is 2.57. The number of benzene rings is 3. The fraction of sp³-hybridized carbons (Fsp3) is 0.467. The third-order valence-electron chi connectivity index (χ3n) is 12.8. The second kappa shape index (κ2) is 14.6. The summed E-state index contributed by atoms with van der Waals surface area (Å²) in [5, 5.41) is 4.23. The Morgan fingerprint density at radius 2 is 1.57 bits per heavy atom. The van der Waals surface area contributed by atoms with Crippen molar-refractivity contribution in [2.45, 2.75) is 76.5 Å². The maximum atomic E-state index is 15.3. The molecule has 56 heavy (non-hydrogen) atoms. The predicted molar refractivity (Wildman–Crippen MR) is 211 cm³/mol. The van der Waals surface area contributed by atoms with E-state index in [1.54, 1.807) is 0 Å². The molecule has 0 bridgehead atoms. The van der Waals surface area contributed by atoms with E-state index in [0.29, 0.717) is 36.5 Å². The number of likely N-dealkylation sites (tertiary alicyclic amines) is 1. The number of aromatic nitrogens is 1. The number of hydrogen-bond acceptors (Lipinski definition) is 11. The highest BCUT2D eigenvalue weighted by molar-refractivity contribution is 6.27. The summed E-state index contributed by atoms with van der Waals surface area (Å²) in [6.07, 6.45) is 3.07. The highest BCUT2D eigenvalue weighted by Gasteiger charge is 2.68. The lowest BCUT2D eigenvalue weighted by Crippen LogP contribution is -2.67. The molecule has 3 aromatic carbocycles. The summed E-state index contributed by atoms with van der Waals surface area (Å²) in [4.78, 5) is 52.0. The van der Waals surface area contributed by atoms with Gasteiger partial charge in [0.25, 0.3) is 5.88 Å². The largest absolute Gasteiger partial charge is 0.488 e. The van der Waals surface area contributed by atoms with E-state index in [1.165, 1.54) is 7.11 Å². The van der Waals surface area contributed by atoms with Crippen molar-refractivity contribution in [2.75, 3.05) is 46.7 Å². The molecule has 2 fully saturated rings. The number of carbonyl (C=O) groups excluding carboxylic acids is 3. The van der Waals surface area contributed by atoms with Gasteiger partial charge in [-0.25, -0.2) is 0 Å². The van der Waals surface area contributed by atoms with Gasteiger partial charge in [0.1, 0.15) is 24.5 Å². The third-order valence-corrected chi connectivity index (χ3v) is 12.8. The van der Waals surface area contributed by atoms with Crippen molar-refractivity contribution in [1.29, 1.82) is 0 Å². The molecule has 5 atom stereocenters. The Bertz CT molecular complexity index is 2150. The van der Waals surface area contributed by atoms with E-state index in [-0.39, 0.29) is 41.9 Å². The molecule has 5 unspecified atom stereocenters. The quantitative estimate of drug-likeness (QED) is 0.152. The monoisotopic (exact) mass is 760 g/mol. The number of Topliss-reactive ketones (excluding diaryl/α,β-unsaturated/α-hetero) is 3. The Morgan fingerprint density at radius 3 is 2.16 bits per heavy atom. The SMILES string of the molecule is COC12C(=O)c3c(OCc4ccccc4)noc3C(N(C)C)C1CC1Cc3c(c(OCc4ccccc4)cc(CN4CCCC4(C)C)c3N(C)C)C(=O)C1C2=O. The molecule has 1 saturated carbocycles. The number of rotatable bonds is 11. The van der Waals surface area contributed by atoms with Crippen LogP contribution in [-0.2, 0) is 35.7 Å². The first-order valence-electron chi connectivity index (χ1n) is 19.7. The van der Waals surface area contributed by atoms with Gasteiger partial charge in [-0.3, -0.25) is 24.2 Å². The van der Waals surface area contributed by atoms with E-state index in [0.717, 1.165) is 47.3 Å². The maximum absolute atomic E-state index is 15.3. The first kappa shape index (κ1) is 38.1. The van der Waals surface area contributed by atoms with Crippen molar-refractivity contribution in [1.82, 2.24) is 15.0 Å². The van der Waals surface area contributed by atoms with Gasteiger partial charge in [0.2, 0.25) is 5.78 Å². The number of fused-ring (bicyclic) bond motifs is 4. The van der Waals surface area contributed by atoms with Gasteiger partial charge in [-0.15, -0.1) is 0 Å². The molecule has 0 amide bonds. The zero-order valence-electron chi connectivity index (χ0n) is 33.5. The minimum Gasteiger partial charge on any atom is -0.488 e. The fourth-order valence-corrected chi connectivity index (χ4v) is 10.1. The van der Waals surface area contributed by atoms with Crippen LogP contribution in [0.5, 0.6) is 11.6 Å². The standard InChI is InChI=1S/C45H52N4O7/c1-44(2)19-14-20-49(44)24-30-23-33(54-25-27-15-10-8-11-16-27)35-31(37(30)47(3)4)21-29-22-32-38(48(5)6)40-36(42(52)45(32,53-7)41(51)34(29)39(35)50)43(46-56-40)55-26-28-17-12-9-13-18-28/h8-13,15-18,23,29,32,34,38H,14,19-22,24-26H2,1-7H3. The van der Waals surface area contributed by atoms with Crippen LogP contribution in [0.25, 0.3) is 0 Å². The lowest BCUT2D eigenvalue weighted by atomic mass is 9.54. The number of hydrogen-bond donors (Lipinski definition) is 0. The summed E-state index contributed by atoms with van der Waals surface area (Å²) in [6, 6.07) is 20.9. The van der Waals surface area contributed by atoms with E-state index in [9.17, 15) is 4.79 Å². The predicted octanol–water partition coefficient (Wildman–Crippen LogP) is 6.72. The molecule has 11 nitrogen and oxygen atoms in total. The van der Waals surface area contributed by atoms with E-state index < -0.39 is 35.0 Å². The van der Waals surface area contributed by atoms with E-state index in [2.05, 4.69) is 28.8 Å². The Hall–Kier alpha value is -4.84. The molecular weight excluding hydrogens is 709 g/mol. The van der Waals surface area contributed by atoms with Gasteiger partial charge in [-0.2, -0.15) is 0 Å². The number of methoxy groups -OCH3 is 1. The minimum absolute atomic E-state index is 0.00625. The van der Waals surface area contributed by atoms with Gasteiger partial charge >= 0.3 is 0 Å². The normalized spacial score (nSPS) is 25.4. The van der Waals surface area contributed by atoms with Crippen LogP contribution >= 0.6 is 0 Å². The van der Waals surface area contributed by atoms with Gasteiger partial charge in [0.05, 0.1) is 17.5 Å². The number of nitrogens with zero attached hydrogens (tertiary/aromatic N) is 4. The number of carbonyl (C=O) groups is 3. The molecule has 0 N–H and O–H groups in total. The number of anilines is 1. The van der Waals surface area contributed by atoms with Gasteiger partial charge < -0.3 is 23.6 Å². The van der Waals surface area contributed by atoms with Gasteiger partial charge in [0.15, 0.2) is 22.9 Å². The van der Waals surface area contributed by atoms with Crippen LogP contribution in [0.15, 0.2) is 71.3 Å². The van der Waals surface area contributed by atoms with Crippen molar-refractivity contribution < 1.29 is 33.1 Å². The van der Waals surface area contributed by atoms with Gasteiger partial charge in [-0.05, 0) is 99.6 Å². The minimum atomic E-state index is -1.95. The molecule has 2 heterocycles. The summed E-state index contributed by atoms with van der Waals surface area (Å²) in [6.45, 7) is 6.66. The van der Waals surface area contributed by atoms with E-state index in [1.807, 2.05) is 99.8 Å². The lowest BCUT2D eigenvalue weighted by molar-refractivity contribution is -0.159. The second-order valence-electron chi connectivity index (χ2n) is 16.9. The van der Waals surface area contributed by atoms with Gasteiger partial charge in [0, 0.05) is 44.9 Å². The Kier molecular flexibility index (Phi) is 9.91. The number of ketones is 3. The summed E-state index contributed by atoms with van der Waals surface area (Å²) < 4.78 is 24.8.